The zero-order chi connectivity index (χ0) is 19.8. The molecule has 2 aromatic carbocycles. The predicted molar refractivity (Wildman–Crippen MR) is 111 cm³/mol. The standard InChI is InChI=1S/C18H17IN4O4/c1-12-9-14(19)5-6-16(12)21-17(24)7-8-18(25)22-20-11-13-3-2-4-15(10-13)23(26)27/h2-6,9-11H,7-8H2,1H3,(H,21,24)(H,22,25)/b20-11-. The van der Waals surface area contributed by atoms with E-state index in [1.54, 1.807) is 6.07 Å². The highest BCUT2D eigenvalue weighted by molar-refractivity contribution is 14.1. The molecule has 2 aromatic rings. The van der Waals surface area contributed by atoms with Gasteiger partial charge in [0, 0.05) is 39.8 Å². The Balaban J connectivity index is 1.79. The van der Waals surface area contributed by atoms with Gasteiger partial charge < -0.3 is 5.32 Å². The number of carbonyl (C=O) groups excluding carboxylic acids is 2. The molecule has 2 amide bonds. The summed E-state index contributed by atoms with van der Waals surface area (Å²) in [7, 11) is 0. The third-order valence-electron chi connectivity index (χ3n) is 3.53. The number of benzene rings is 2. The minimum atomic E-state index is -0.510. The molecule has 0 bridgehead atoms. The van der Waals surface area contributed by atoms with Gasteiger partial charge in [0.2, 0.25) is 11.8 Å². The van der Waals surface area contributed by atoms with Gasteiger partial charge in [0.25, 0.3) is 5.69 Å². The van der Waals surface area contributed by atoms with Crippen LogP contribution in [0.1, 0.15) is 24.0 Å². The lowest BCUT2D eigenvalue weighted by molar-refractivity contribution is -0.384. The summed E-state index contributed by atoms with van der Waals surface area (Å²) in [5, 5.41) is 17.2. The molecule has 9 heteroatoms. The first kappa shape index (κ1) is 20.5. The van der Waals surface area contributed by atoms with Crippen LogP contribution in [0.2, 0.25) is 0 Å². The largest absolute Gasteiger partial charge is 0.326 e. The third kappa shape index (κ3) is 6.77. The number of nitrogens with zero attached hydrogens (tertiary/aromatic N) is 2. The van der Waals surface area contributed by atoms with Gasteiger partial charge in [-0.2, -0.15) is 5.10 Å². The van der Waals surface area contributed by atoms with Crippen LogP contribution in [0.4, 0.5) is 11.4 Å². The predicted octanol–water partition coefficient (Wildman–Crippen LogP) is 3.38. The van der Waals surface area contributed by atoms with E-state index in [9.17, 15) is 19.7 Å². The topological polar surface area (TPSA) is 114 Å². The maximum Gasteiger partial charge on any atom is 0.270 e. The first-order valence-electron chi connectivity index (χ1n) is 7.97. The molecule has 0 unspecified atom stereocenters. The number of halogens is 1. The highest BCUT2D eigenvalue weighted by Gasteiger charge is 2.08. The van der Waals surface area contributed by atoms with Crippen molar-refractivity contribution in [3.63, 3.8) is 0 Å². The molecule has 27 heavy (non-hydrogen) atoms. The van der Waals surface area contributed by atoms with E-state index in [1.165, 1.54) is 24.4 Å². The molecule has 140 valence electrons. The van der Waals surface area contributed by atoms with Gasteiger partial charge in [-0.15, -0.1) is 0 Å². The molecule has 0 fully saturated rings. The number of non-ortho nitro benzene ring substituents is 1. The number of carbonyl (C=O) groups is 2. The van der Waals surface area contributed by atoms with E-state index >= 15 is 0 Å². The zero-order valence-corrected chi connectivity index (χ0v) is 16.6. The Morgan fingerprint density at radius 2 is 1.93 bits per heavy atom. The Morgan fingerprint density at radius 3 is 2.63 bits per heavy atom. The summed E-state index contributed by atoms with van der Waals surface area (Å²) in [4.78, 5) is 33.9. The maximum atomic E-state index is 12.0. The van der Waals surface area contributed by atoms with Crippen molar-refractivity contribution in [1.29, 1.82) is 0 Å². The average molecular weight is 480 g/mol. The van der Waals surface area contributed by atoms with Gasteiger partial charge in [0.15, 0.2) is 0 Å². The van der Waals surface area contributed by atoms with Crippen LogP contribution in [0.15, 0.2) is 47.6 Å². The highest BCUT2D eigenvalue weighted by atomic mass is 127. The fourth-order valence-corrected chi connectivity index (χ4v) is 2.81. The number of aryl methyl sites for hydroxylation is 1. The van der Waals surface area contributed by atoms with Crippen molar-refractivity contribution >= 4 is 52.0 Å². The Labute approximate surface area is 169 Å². The van der Waals surface area contributed by atoms with Crippen molar-refractivity contribution < 1.29 is 14.5 Å². The lowest BCUT2D eigenvalue weighted by Gasteiger charge is -2.08. The van der Waals surface area contributed by atoms with Crippen molar-refractivity contribution in [2.45, 2.75) is 19.8 Å². The molecule has 0 atom stereocenters. The smallest absolute Gasteiger partial charge is 0.270 e. The van der Waals surface area contributed by atoms with Crippen molar-refractivity contribution in [3.05, 3.63) is 67.3 Å². The first-order valence-corrected chi connectivity index (χ1v) is 9.05. The van der Waals surface area contributed by atoms with Crippen LogP contribution in [0, 0.1) is 20.6 Å². The molecule has 0 radical (unpaired) electrons. The summed E-state index contributed by atoms with van der Waals surface area (Å²) in [6.45, 7) is 1.90. The van der Waals surface area contributed by atoms with Gasteiger partial charge >= 0.3 is 0 Å². The van der Waals surface area contributed by atoms with E-state index in [4.69, 9.17) is 0 Å². The average Bonchev–Trinajstić information content (AvgIpc) is 2.62. The van der Waals surface area contributed by atoms with Crippen molar-refractivity contribution in [3.8, 4) is 0 Å². The number of hydrogen-bond donors (Lipinski definition) is 2. The van der Waals surface area contributed by atoms with E-state index in [0.717, 1.165) is 9.13 Å². The summed E-state index contributed by atoms with van der Waals surface area (Å²) in [5.74, 6) is -0.691. The van der Waals surface area contributed by atoms with Crippen LogP contribution in [-0.4, -0.2) is 23.0 Å². The summed E-state index contributed by atoms with van der Waals surface area (Å²) in [5.41, 5.74) is 4.38. The summed E-state index contributed by atoms with van der Waals surface area (Å²) < 4.78 is 1.07. The second-order valence-electron chi connectivity index (χ2n) is 5.65. The fourth-order valence-electron chi connectivity index (χ4n) is 2.16. The molecular formula is C18H17IN4O4. The molecule has 2 N–H and O–H groups in total. The van der Waals surface area contributed by atoms with Crippen LogP contribution in [-0.2, 0) is 9.59 Å². The summed E-state index contributed by atoms with van der Waals surface area (Å²) in [6.07, 6.45) is 1.30. The molecular weight excluding hydrogens is 463 g/mol. The normalized spacial score (nSPS) is 10.6. The van der Waals surface area contributed by atoms with Gasteiger partial charge in [-0.1, -0.05) is 12.1 Å². The number of anilines is 1. The van der Waals surface area contributed by atoms with Gasteiger partial charge in [-0.05, 0) is 53.3 Å². The number of nitro benzene ring substituents is 1. The van der Waals surface area contributed by atoms with Gasteiger partial charge in [-0.3, -0.25) is 19.7 Å². The highest BCUT2D eigenvalue weighted by Crippen LogP contribution is 2.18. The second kappa shape index (κ2) is 9.76. The van der Waals surface area contributed by atoms with Crippen molar-refractivity contribution in [1.82, 2.24) is 5.43 Å². The van der Waals surface area contributed by atoms with Crippen LogP contribution in [0.25, 0.3) is 0 Å². The lowest BCUT2D eigenvalue weighted by atomic mass is 10.2. The van der Waals surface area contributed by atoms with E-state index in [0.29, 0.717) is 11.3 Å². The Kier molecular flexibility index (Phi) is 7.41. The molecule has 0 aliphatic rings. The quantitative estimate of drug-likeness (QED) is 0.274. The molecule has 2 rings (SSSR count). The minimum absolute atomic E-state index is 0.0174. The minimum Gasteiger partial charge on any atom is -0.326 e. The molecule has 0 saturated heterocycles. The lowest BCUT2D eigenvalue weighted by Crippen LogP contribution is -2.20. The zero-order valence-electron chi connectivity index (χ0n) is 14.4. The van der Waals surface area contributed by atoms with Crippen LogP contribution >= 0.6 is 22.6 Å². The SMILES string of the molecule is Cc1cc(I)ccc1NC(=O)CCC(=O)N/N=C\c1cccc([N+](=O)[O-])c1. The molecule has 0 aliphatic carbocycles. The van der Waals surface area contributed by atoms with Crippen LogP contribution < -0.4 is 10.7 Å². The van der Waals surface area contributed by atoms with E-state index in [2.05, 4.69) is 38.4 Å². The van der Waals surface area contributed by atoms with Gasteiger partial charge in [0.05, 0.1) is 11.1 Å². The van der Waals surface area contributed by atoms with Crippen LogP contribution in [0.5, 0.6) is 0 Å². The molecule has 0 aliphatic heterocycles. The maximum absolute atomic E-state index is 12.0. The first-order chi connectivity index (χ1) is 12.8. The Bertz CT molecular complexity index is 899. The number of hydrazone groups is 1. The van der Waals surface area contributed by atoms with E-state index in [1.807, 2.05) is 25.1 Å². The second-order valence-corrected chi connectivity index (χ2v) is 6.90. The number of rotatable bonds is 7. The Morgan fingerprint density at radius 1 is 1.19 bits per heavy atom. The monoisotopic (exact) mass is 480 g/mol. The van der Waals surface area contributed by atoms with E-state index in [-0.39, 0.29) is 24.4 Å². The van der Waals surface area contributed by atoms with Crippen molar-refractivity contribution in [2.75, 3.05) is 5.32 Å². The fraction of sp³-hybridized carbons (Fsp3) is 0.167. The summed E-state index contributed by atoms with van der Waals surface area (Å²) in [6, 6.07) is 11.5. The molecule has 8 nitrogen and oxygen atoms in total. The number of nitrogens with one attached hydrogen (secondary N) is 2. The van der Waals surface area contributed by atoms with Gasteiger partial charge in [-0.25, -0.2) is 5.43 Å². The van der Waals surface area contributed by atoms with Crippen molar-refractivity contribution in [2.24, 2.45) is 5.10 Å². The van der Waals surface area contributed by atoms with E-state index < -0.39 is 10.8 Å². The number of hydrogen-bond acceptors (Lipinski definition) is 5. The van der Waals surface area contributed by atoms with Crippen LogP contribution in [0.3, 0.4) is 0 Å². The van der Waals surface area contributed by atoms with Gasteiger partial charge in [0.1, 0.15) is 0 Å². The molecule has 0 spiro atoms. The summed E-state index contributed by atoms with van der Waals surface area (Å²) >= 11 is 2.19. The number of nitro groups is 1. The molecule has 0 aromatic heterocycles. The molecule has 0 saturated carbocycles. The number of amides is 2. The third-order valence-corrected chi connectivity index (χ3v) is 4.20. The Hall–Kier alpha value is -2.82. The molecule has 0 heterocycles.